The van der Waals surface area contributed by atoms with E-state index in [2.05, 4.69) is 0 Å². The highest BCUT2D eigenvalue weighted by Crippen LogP contribution is 2.39. The van der Waals surface area contributed by atoms with Gasteiger partial charge in [-0.25, -0.2) is 0 Å². The molecular weight excluding hydrogens is 300 g/mol. The molecule has 7 nitrogen and oxygen atoms in total. The molecule has 0 saturated heterocycles. The molecule has 122 valence electrons. The van der Waals surface area contributed by atoms with Crippen molar-refractivity contribution in [1.29, 1.82) is 0 Å². The van der Waals surface area contributed by atoms with Gasteiger partial charge in [0.2, 0.25) is 5.91 Å². The van der Waals surface area contributed by atoms with Gasteiger partial charge in [-0.15, -0.1) is 0 Å². The van der Waals surface area contributed by atoms with Crippen molar-refractivity contribution >= 4 is 17.6 Å². The summed E-state index contributed by atoms with van der Waals surface area (Å²) < 4.78 is 0. The molecule has 2 aliphatic rings. The van der Waals surface area contributed by atoms with Crippen LogP contribution in [0.3, 0.4) is 0 Å². The number of non-ortho nitro benzene ring substituents is 1. The first kappa shape index (κ1) is 15.5. The third-order valence-electron chi connectivity index (χ3n) is 4.68. The highest BCUT2D eigenvalue weighted by Gasteiger charge is 2.45. The molecule has 2 fully saturated rings. The largest absolute Gasteiger partial charge is 0.481 e. The molecule has 1 aromatic rings. The lowest BCUT2D eigenvalue weighted by Gasteiger charge is -2.36. The van der Waals surface area contributed by atoms with Gasteiger partial charge in [-0.05, 0) is 31.2 Å². The van der Waals surface area contributed by atoms with Gasteiger partial charge >= 0.3 is 5.97 Å². The van der Waals surface area contributed by atoms with Crippen molar-refractivity contribution < 1.29 is 19.6 Å². The van der Waals surface area contributed by atoms with Crippen LogP contribution in [-0.2, 0) is 16.1 Å². The van der Waals surface area contributed by atoms with Crippen LogP contribution < -0.4 is 0 Å². The zero-order chi connectivity index (χ0) is 16.6. The van der Waals surface area contributed by atoms with E-state index in [0.717, 1.165) is 18.4 Å². The first-order valence-electron chi connectivity index (χ1n) is 7.74. The van der Waals surface area contributed by atoms with E-state index < -0.39 is 22.7 Å². The Labute approximate surface area is 133 Å². The van der Waals surface area contributed by atoms with Gasteiger partial charge < -0.3 is 10.0 Å². The third kappa shape index (κ3) is 3.18. The molecule has 7 heteroatoms. The number of rotatable bonds is 6. The standard InChI is InChI=1S/C16H18N2O5/c19-15(13-7-8-14(13)16(20)21)17(11-5-6-11)9-10-1-3-12(4-2-10)18(22)23/h1-4,11,13-14H,5-9H2,(H,20,21). The van der Waals surface area contributed by atoms with Gasteiger partial charge in [0.15, 0.2) is 0 Å². The number of aliphatic carboxylic acids is 1. The van der Waals surface area contributed by atoms with E-state index in [0.29, 0.717) is 19.4 Å². The smallest absolute Gasteiger partial charge is 0.307 e. The number of carboxylic acid groups (broad SMARTS) is 1. The van der Waals surface area contributed by atoms with Crippen LogP contribution in [0, 0.1) is 22.0 Å². The minimum Gasteiger partial charge on any atom is -0.481 e. The molecule has 2 unspecified atom stereocenters. The number of nitro benzene ring substituents is 1. The van der Waals surface area contributed by atoms with Crippen molar-refractivity contribution in [3.05, 3.63) is 39.9 Å². The van der Waals surface area contributed by atoms with Gasteiger partial charge in [-0.1, -0.05) is 12.1 Å². The zero-order valence-electron chi connectivity index (χ0n) is 12.6. The molecule has 1 amide bonds. The topological polar surface area (TPSA) is 101 Å². The molecule has 2 saturated carbocycles. The summed E-state index contributed by atoms with van der Waals surface area (Å²) in [5.41, 5.74) is 0.838. The van der Waals surface area contributed by atoms with Gasteiger partial charge in [-0.2, -0.15) is 0 Å². The second-order valence-electron chi connectivity index (χ2n) is 6.25. The number of carbonyl (C=O) groups is 2. The minimum absolute atomic E-state index is 0.0167. The summed E-state index contributed by atoms with van der Waals surface area (Å²) in [6, 6.07) is 6.32. The summed E-state index contributed by atoms with van der Waals surface area (Å²) in [5, 5.41) is 19.8. The Bertz CT molecular complexity index is 638. The summed E-state index contributed by atoms with van der Waals surface area (Å²) in [5.74, 6) is -1.99. The molecule has 1 N–H and O–H groups in total. The molecule has 1 aromatic carbocycles. The van der Waals surface area contributed by atoms with Crippen LogP contribution in [0.5, 0.6) is 0 Å². The molecule has 0 heterocycles. The number of hydrogen-bond donors (Lipinski definition) is 1. The van der Waals surface area contributed by atoms with E-state index >= 15 is 0 Å². The normalized spacial score (nSPS) is 23.0. The Morgan fingerprint density at radius 2 is 1.74 bits per heavy atom. The van der Waals surface area contributed by atoms with Crippen LogP contribution in [0.1, 0.15) is 31.2 Å². The Hall–Kier alpha value is -2.44. The fourth-order valence-corrected chi connectivity index (χ4v) is 3.00. The number of hydrogen-bond acceptors (Lipinski definition) is 4. The van der Waals surface area contributed by atoms with E-state index in [1.807, 2.05) is 0 Å². The van der Waals surface area contributed by atoms with Crippen LogP contribution in [0.2, 0.25) is 0 Å². The Kier molecular flexibility index (Phi) is 4.02. The lowest BCUT2D eigenvalue weighted by Crippen LogP contribution is -2.46. The second-order valence-corrected chi connectivity index (χ2v) is 6.25. The summed E-state index contributed by atoms with van der Waals surface area (Å²) in [6.45, 7) is 0.379. The van der Waals surface area contributed by atoms with E-state index in [1.165, 1.54) is 12.1 Å². The van der Waals surface area contributed by atoms with E-state index in [9.17, 15) is 19.7 Å². The summed E-state index contributed by atoms with van der Waals surface area (Å²) in [4.78, 5) is 35.8. The summed E-state index contributed by atoms with van der Waals surface area (Å²) >= 11 is 0. The summed E-state index contributed by atoms with van der Waals surface area (Å²) in [7, 11) is 0. The Balaban J connectivity index is 1.71. The van der Waals surface area contributed by atoms with E-state index in [1.54, 1.807) is 17.0 Å². The van der Waals surface area contributed by atoms with Crippen LogP contribution in [0.15, 0.2) is 24.3 Å². The van der Waals surface area contributed by atoms with Crippen molar-refractivity contribution in [1.82, 2.24) is 4.90 Å². The average molecular weight is 318 g/mol. The molecular formula is C16H18N2O5. The van der Waals surface area contributed by atoms with Gasteiger partial charge in [0.05, 0.1) is 16.8 Å². The van der Waals surface area contributed by atoms with Crippen molar-refractivity contribution in [2.45, 2.75) is 38.3 Å². The second kappa shape index (κ2) is 5.98. The highest BCUT2D eigenvalue weighted by atomic mass is 16.6. The minimum atomic E-state index is -0.902. The van der Waals surface area contributed by atoms with E-state index in [-0.39, 0.29) is 17.6 Å². The fourth-order valence-electron chi connectivity index (χ4n) is 3.00. The van der Waals surface area contributed by atoms with Crippen LogP contribution in [0.25, 0.3) is 0 Å². The monoisotopic (exact) mass is 318 g/mol. The zero-order valence-corrected chi connectivity index (χ0v) is 12.6. The van der Waals surface area contributed by atoms with E-state index in [4.69, 9.17) is 5.11 Å². The first-order chi connectivity index (χ1) is 11.0. The molecule has 0 bridgehead atoms. The lowest BCUT2D eigenvalue weighted by atomic mass is 9.73. The first-order valence-corrected chi connectivity index (χ1v) is 7.74. The number of nitrogens with zero attached hydrogens (tertiary/aromatic N) is 2. The predicted octanol–water partition coefficient (Wildman–Crippen LogP) is 2.20. The average Bonchev–Trinajstić information content (AvgIpc) is 3.27. The molecule has 0 radical (unpaired) electrons. The van der Waals surface area contributed by atoms with Crippen LogP contribution >= 0.6 is 0 Å². The molecule has 2 aliphatic carbocycles. The molecule has 3 rings (SSSR count). The molecule has 23 heavy (non-hydrogen) atoms. The maximum Gasteiger partial charge on any atom is 0.307 e. The SMILES string of the molecule is O=C(O)C1CCC1C(=O)N(Cc1ccc([N+](=O)[O-])cc1)C1CC1. The molecule has 0 spiro atoms. The Morgan fingerprint density at radius 1 is 1.13 bits per heavy atom. The predicted molar refractivity (Wildman–Crippen MR) is 80.5 cm³/mol. The van der Waals surface area contributed by atoms with Gasteiger partial charge in [0.1, 0.15) is 0 Å². The number of carbonyl (C=O) groups excluding carboxylic acids is 1. The number of carboxylic acids is 1. The fraction of sp³-hybridized carbons (Fsp3) is 0.500. The Morgan fingerprint density at radius 3 is 2.17 bits per heavy atom. The number of benzene rings is 1. The molecule has 0 aromatic heterocycles. The number of nitro groups is 1. The third-order valence-corrected chi connectivity index (χ3v) is 4.68. The van der Waals surface area contributed by atoms with Gasteiger partial charge in [0.25, 0.3) is 5.69 Å². The molecule has 2 atom stereocenters. The van der Waals surface area contributed by atoms with Gasteiger partial charge in [-0.3, -0.25) is 19.7 Å². The van der Waals surface area contributed by atoms with Crippen molar-refractivity contribution in [2.75, 3.05) is 0 Å². The number of amides is 1. The highest BCUT2D eigenvalue weighted by molar-refractivity contribution is 5.86. The van der Waals surface area contributed by atoms with Crippen LogP contribution in [0.4, 0.5) is 5.69 Å². The summed E-state index contributed by atoms with van der Waals surface area (Å²) in [6.07, 6.45) is 3.05. The van der Waals surface area contributed by atoms with Crippen LogP contribution in [-0.4, -0.2) is 32.8 Å². The van der Waals surface area contributed by atoms with Crippen molar-refractivity contribution in [2.24, 2.45) is 11.8 Å². The quantitative estimate of drug-likeness (QED) is 0.640. The molecule has 0 aliphatic heterocycles. The van der Waals surface area contributed by atoms with Crippen molar-refractivity contribution in [3.8, 4) is 0 Å². The maximum absolute atomic E-state index is 12.7. The maximum atomic E-state index is 12.7. The van der Waals surface area contributed by atoms with Gasteiger partial charge in [0, 0.05) is 24.7 Å². The lowest BCUT2D eigenvalue weighted by molar-refractivity contribution is -0.384. The van der Waals surface area contributed by atoms with Crippen molar-refractivity contribution in [3.63, 3.8) is 0 Å².